The Morgan fingerprint density at radius 2 is 2.25 bits per heavy atom. The fourth-order valence-corrected chi connectivity index (χ4v) is 0.869. The van der Waals surface area contributed by atoms with E-state index in [-0.39, 0.29) is 0 Å². The van der Waals surface area contributed by atoms with Crippen molar-refractivity contribution in [1.82, 2.24) is 0 Å². The quantitative estimate of drug-likeness (QED) is 0.506. The van der Waals surface area contributed by atoms with Crippen molar-refractivity contribution in [2.45, 2.75) is 26.1 Å². The zero-order valence-corrected chi connectivity index (χ0v) is 5.13. The molecule has 0 aromatic rings. The molecule has 1 saturated heterocycles. The van der Waals surface area contributed by atoms with Crippen LogP contribution in [-0.2, 0) is 4.74 Å². The molecule has 0 bridgehead atoms. The second-order valence-electron chi connectivity index (χ2n) is 2.47. The number of rotatable bonds is 0. The number of hydrogen-bond donors (Lipinski definition) is 1. The van der Waals surface area contributed by atoms with Gasteiger partial charge >= 0.3 is 0 Å². The molecule has 1 aliphatic heterocycles. The molecule has 1 aliphatic rings. The zero-order chi connectivity index (χ0) is 5.98. The van der Waals surface area contributed by atoms with Crippen LogP contribution in [0.4, 0.5) is 0 Å². The molecule has 0 spiro atoms. The monoisotopic (exact) mass is 116 g/mol. The molecule has 48 valence electrons. The molecular weight excluding hydrogens is 104 g/mol. The van der Waals surface area contributed by atoms with E-state index >= 15 is 0 Å². The maximum absolute atomic E-state index is 8.80. The normalized spacial score (nSPS) is 39.8. The third kappa shape index (κ3) is 1.46. The average Bonchev–Trinajstić information content (AvgIpc) is 1.77. The summed E-state index contributed by atoms with van der Waals surface area (Å²) < 4.78 is 4.95. The van der Waals surface area contributed by atoms with Gasteiger partial charge in [-0.15, -0.1) is 0 Å². The summed E-state index contributed by atoms with van der Waals surface area (Å²) in [6.45, 7) is 2.85. The summed E-state index contributed by atoms with van der Waals surface area (Å²) in [5, 5.41) is 8.80. The van der Waals surface area contributed by atoms with Gasteiger partial charge in [-0.25, -0.2) is 0 Å². The minimum Gasteiger partial charge on any atom is -0.368 e. The van der Waals surface area contributed by atoms with Gasteiger partial charge in [-0.2, -0.15) is 0 Å². The molecule has 0 aromatic heterocycles. The number of ether oxygens (including phenoxy) is 1. The standard InChI is InChI=1S/C6H12O2/c1-5-2-3-6(7)8-4-5/h5-7H,2-4H2,1H3. The Morgan fingerprint density at radius 3 is 2.62 bits per heavy atom. The van der Waals surface area contributed by atoms with Gasteiger partial charge in [0.2, 0.25) is 0 Å². The predicted octanol–water partition coefficient (Wildman–Crippen LogP) is 0.751. The van der Waals surface area contributed by atoms with Crippen molar-refractivity contribution in [2.75, 3.05) is 6.61 Å². The van der Waals surface area contributed by atoms with E-state index in [1.54, 1.807) is 0 Å². The SMILES string of the molecule is CC1CCC(O)OC1. The molecule has 2 heteroatoms. The summed E-state index contributed by atoms with van der Waals surface area (Å²) in [6, 6.07) is 0. The van der Waals surface area contributed by atoms with Gasteiger partial charge in [-0.3, -0.25) is 0 Å². The Hall–Kier alpha value is -0.0800. The van der Waals surface area contributed by atoms with E-state index in [0.717, 1.165) is 19.4 Å². The third-order valence-corrected chi connectivity index (χ3v) is 1.48. The van der Waals surface area contributed by atoms with Gasteiger partial charge in [0.1, 0.15) is 0 Å². The van der Waals surface area contributed by atoms with Gasteiger partial charge in [0, 0.05) is 0 Å². The Kier molecular flexibility index (Phi) is 1.86. The Balaban J connectivity index is 2.19. The van der Waals surface area contributed by atoms with Crippen molar-refractivity contribution in [3.63, 3.8) is 0 Å². The summed E-state index contributed by atoms with van der Waals surface area (Å²) in [4.78, 5) is 0. The molecule has 2 unspecified atom stereocenters. The molecule has 1 rings (SSSR count). The van der Waals surface area contributed by atoms with Crippen molar-refractivity contribution in [2.24, 2.45) is 5.92 Å². The molecule has 1 fully saturated rings. The summed E-state index contributed by atoms with van der Waals surface area (Å²) in [7, 11) is 0. The Morgan fingerprint density at radius 1 is 1.50 bits per heavy atom. The second-order valence-corrected chi connectivity index (χ2v) is 2.47. The molecule has 8 heavy (non-hydrogen) atoms. The van der Waals surface area contributed by atoms with Crippen LogP contribution in [0.3, 0.4) is 0 Å². The third-order valence-electron chi connectivity index (χ3n) is 1.48. The second kappa shape index (κ2) is 2.46. The molecule has 0 aromatic carbocycles. The molecule has 0 saturated carbocycles. The van der Waals surface area contributed by atoms with Crippen LogP contribution >= 0.6 is 0 Å². The van der Waals surface area contributed by atoms with E-state index < -0.39 is 6.29 Å². The van der Waals surface area contributed by atoms with Crippen LogP contribution in [0, 0.1) is 5.92 Å². The first-order valence-corrected chi connectivity index (χ1v) is 3.08. The lowest BCUT2D eigenvalue weighted by molar-refractivity contribution is -0.137. The summed E-state index contributed by atoms with van der Waals surface area (Å²) in [6.07, 6.45) is 1.42. The van der Waals surface area contributed by atoms with Crippen molar-refractivity contribution in [3.8, 4) is 0 Å². The van der Waals surface area contributed by atoms with Crippen LogP contribution in [0.2, 0.25) is 0 Å². The topological polar surface area (TPSA) is 29.5 Å². The highest BCUT2D eigenvalue weighted by Crippen LogP contribution is 2.15. The first kappa shape index (κ1) is 6.05. The molecule has 0 aliphatic carbocycles. The van der Waals surface area contributed by atoms with Gasteiger partial charge in [0.05, 0.1) is 6.61 Å². The Bertz CT molecular complexity index is 54.9. The van der Waals surface area contributed by atoms with Gasteiger partial charge in [0.15, 0.2) is 6.29 Å². The molecule has 2 nitrogen and oxygen atoms in total. The van der Waals surface area contributed by atoms with Gasteiger partial charge < -0.3 is 9.84 Å². The molecule has 2 atom stereocenters. The highest BCUT2D eigenvalue weighted by atomic mass is 16.6. The number of aliphatic hydroxyl groups is 1. The van der Waals surface area contributed by atoms with Crippen molar-refractivity contribution in [1.29, 1.82) is 0 Å². The van der Waals surface area contributed by atoms with Gasteiger partial charge in [-0.05, 0) is 18.8 Å². The van der Waals surface area contributed by atoms with Crippen molar-refractivity contribution >= 4 is 0 Å². The predicted molar refractivity (Wildman–Crippen MR) is 30.4 cm³/mol. The minimum atomic E-state index is -0.480. The largest absolute Gasteiger partial charge is 0.368 e. The van der Waals surface area contributed by atoms with E-state index in [2.05, 4.69) is 6.92 Å². The van der Waals surface area contributed by atoms with Crippen LogP contribution < -0.4 is 0 Å². The van der Waals surface area contributed by atoms with Crippen LogP contribution in [0.1, 0.15) is 19.8 Å². The Labute approximate surface area is 49.5 Å². The molecule has 0 amide bonds. The van der Waals surface area contributed by atoms with E-state index in [9.17, 15) is 0 Å². The molecule has 1 heterocycles. The highest BCUT2D eigenvalue weighted by Gasteiger charge is 2.14. The van der Waals surface area contributed by atoms with E-state index in [1.807, 2.05) is 0 Å². The van der Waals surface area contributed by atoms with E-state index in [0.29, 0.717) is 5.92 Å². The van der Waals surface area contributed by atoms with E-state index in [1.165, 1.54) is 0 Å². The fraction of sp³-hybridized carbons (Fsp3) is 1.00. The molecule has 0 radical (unpaired) electrons. The van der Waals surface area contributed by atoms with Gasteiger partial charge in [-0.1, -0.05) is 6.92 Å². The smallest absolute Gasteiger partial charge is 0.154 e. The molecule has 1 N–H and O–H groups in total. The first-order chi connectivity index (χ1) is 3.79. The van der Waals surface area contributed by atoms with E-state index in [4.69, 9.17) is 9.84 Å². The fourth-order valence-electron chi connectivity index (χ4n) is 0.869. The summed E-state index contributed by atoms with van der Waals surface area (Å²) in [5.74, 6) is 0.637. The zero-order valence-electron chi connectivity index (χ0n) is 5.13. The molecular formula is C6H12O2. The maximum atomic E-state index is 8.80. The van der Waals surface area contributed by atoms with Crippen molar-refractivity contribution < 1.29 is 9.84 Å². The van der Waals surface area contributed by atoms with Crippen LogP contribution in [0.5, 0.6) is 0 Å². The number of aliphatic hydroxyl groups excluding tert-OH is 1. The number of hydrogen-bond acceptors (Lipinski definition) is 2. The van der Waals surface area contributed by atoms with Crippen molar-refractivity contribution in [3.05, 3.63) is 0 Å². The first-order valence-electron chi connectivity index (χ1n) is 3.08. The lowest BCUT2D eigenvalue weighted by atomic mass is 10.0. The van der Waals surface area contributed by atoms with Gasteiger partial charge in [0.25, 0.3) is 0 Å². The minimum absolute atomic E-state index is 0.480. The van der Waals surface area contributed by atoms with Crippen LogP contribution in [0.15, 0.2) is 0 Å². The highest BCUT2D eigenvalue weighted by molar-refractivity contribution is 4.58. The van der Waals surface area contributed by atoms with Crippen LogP contribution in [-0.4, -0.2) is 18.0 Å². The average molecular weight is 116 g/mol. The lowest BCUT2D eigenvalue weighted by Gasteiger charge is -2.22. The maximum Gasteiger partial charge on any atom is 0.154 e. The van der Waals surface area contributed by atoms with Crippen LogP contribution in [0.25, 0.3) is 0 Å². The summed E-state index contributed by atoms with van der Waals surface area (Å²) in [5.41, 5.74) is 0. The lowest BCUT2D eigenvalue weighted by Crippen LogP contribution is -2.23. The summed E-state index contributed by atoms with van der Waals surface area (Å²) >= 11 is 0.